The number of anilines is 1. The highest BCUT2D eigenvalue weighted by Gasteiger charge is 2.16. The first-order valence-corrected chi connectivity index (χ1v) is 7.77. The van der Waals surface area contributed by atoms with Crippen molar-refractivity contribution in [1.82, 2.24) is 9.38 Å². The average molecular weight is 334 g/mol. The summed E-state index contributed by atoms with van der Waals surface area (Å²) >= 11 is 7.39. The van der Waals surface area contributed by atoms with Crippen molar-refractivity contribution in [2.24, 2.45) is 0 Å². The zero-order chi connectivity index (χ0) is 15.9. The van der Waals surface area contributed by atoms with Crippen molar-refractivity contribution in [2.45, 2.75) is 13.8 Å². The van der Waals surface area contributed by atoms with Crippen molar-refractivity contribution in [1.29, 1.82) is 0 Å². The third kappa shape index (κ3) is 2.40. The lowest BCUT2D eigenvalue weighted by Gasteiger charge is -2.09. The Bertz CT molecular complexity index is 946. The number of halogens is 1. The van der Waals surface area contributed by atoms with Gasteiger partial charge in [0, 0.05) is 28.0 Å². The van der Waals surface area contributed by atoms with Crippen molar-refractivity contribution in [3.05, 3.63) is 62.0 Å². The van der Waals surface area contributed by atoms with Gasteiger partial charge >= 0.3 is 0 Å². The summed E-state index contributed by atoms with van der Waals surface area (Å²) in [6.07, 6.45) is 1.31. The van der Waals surface area contributed by atoms with Crippen molar-refractivity contribution in [3.8, 4) is 0 Å². The standard InChI is InChI=1S/C15H12ClN3O2S/c1-8-7-22-15-17-6-10(14(21)19(8)15)13(20)18-12-5-3-4-11(16)9(12)2/h3-7H,1-2H3,(H,18,20). The van der Waals surface area contributed by atoms with Crippen molar-refractivity contribution < 1.29 is 4.79 Å². The molecule has 1 amide bonds. The number of benzene rings is 1. The fraction of sp³-hybridized carbons (Fsp3) is 0.133. The van der Waals surface area contributed by atoms with Gasteiger partial charge in [-0.2, -0.15) is 0 Å². The highest BCUT2D eigenvalue weighted by atomic mass is 35.5. The molecule has 0 aliphatic heterocycles. The van der Waals surface area contributed by atoms with Crippen LogP contribution < -0.4 is 10.9 Å². The number of thiazole rings is 1. The number of amides is 1. The van der Waals surface area contributed by atoms with E-state index in [1.165, 1.54) is 21.9 Å². The van der Waals surface area contributed by atoms with E-state index in [2.05, 4.69) is 10.3 Å². The maximum absolute atomic E-state index is 12.4. The monoisotopic (exact) mass is 333 g/mol. The second-order valence-electron chi connectivity index (χ2n) is 4.84. The second kappa shape index (κ2) is 5.55. The number of nitrogens with zero attached hydrogens (tertiary/aromatic N) is 2. The molecule has 0 unspecified atom stereocenters. The number of aryl methyl sites for hydroxylation is 1. The van der Waals surface area contributed by atoms with E-state index in [-0.39, 0.29) is 11.1 Å². The SMILES string of the molecule is Cc1c(Cl)cccc1NC(=O)c1cnc2scc(C)n2c1=O. The molecule has 2 heterocycles. The van der Waals surface area contributed by atoms with Crippen LogP contribution in [0.5, 0.6) is 0 Å². The summed E-state index contributed by atoms with van der Waals surface area (Å²) in [4.78, 5) is 29.5. The molecule has 112 valence electrons. The normalized spacial score (nSPS) is 10.9. The minimum Gasteiger partial charge on any atom is -0.321 e. The lowest BCUT2D eigenvalue weighted by atomic mass is 10.2. The minimum absolute atomic E-state index is 0.00150. The molecule has 0 saturated heterocycles. The smallest absolute Gasteiger partial charge is 0.271 e. The second-order valence-corrected chi connectivity index (χ2v) is 6.08. The molecule has 1 N–H and O–H groups in total. The number of carbonyl (C=O) groups is 1. The third-order valence-electron chi connectivity index (χ3n) is 3.38. The van der Waals surface area contributed by atoms with E-state index in [0.717, 1.165) is 11.3 Å². The molecular weight excluding hydrogens is 322 g/mol. The topological polar surface area (TPSA) is 63.5 Å². The molecule has 0 aliphatic carbocycles. The molecule has 0 atom stereocenters. The summed E-state index contributed by atoms with van der Waals surface area (Å²) in [5.41, 5.74) is 1.70. The van der Waals surface area contributed by atoms with Crippen molar-refractivity contribution in [3.63, 3.8) is 0 Å². The molecule has 0 fully saturated rings. The zero-order valence-electron chi connectivity index (χ0n) is 11.9. The Hall–Kier alpha value is -2.18. The maximum Gasteiger partial charge on any atom is 0.271 e. The van der Waals surface area contributed by atoms with Crippen LogP contribution in [0.25, 0.3) is 4.96 Å². The van der Waals surface area contributed by atoms with E-state index in [1.54, 1.807) is 32.0 Å². The molecule has 3 rings (SSSR count). The Kier molecular flexibility index (Phi) is 3.72. The molecule has 22 heavy (non-hydrogen) atoms. The number of nitrogens with one attached hydrogen (secondary N) is 1. The predicted octanol–water partition coefficient (Wildman–Crippen LogP) is 3.28. The summed E-state index contributed by atoms with van der Waals surface area (Å²) in [6.45, 7) is 3.60. The van der Waals surface area contributed by atoms with E-state index < -0.39 is 5.91 Å². The summed E-state index contributed by atoms with van der Waals surface area (Å²) in [5, 5.41) is 5.09. The Balaban J connectivity index is 2.02. The molecule has 1 aromatic carbocycles. The summed E-state index contributed by atoms with van der Waals surface area (Å²) in [5.74, 6) is -0.497. The van der Waals surface area contributed by atoms with Gasteiger partial charge in [-0.3, -0.25) is 14.0 Å². The van der Waals surface area contributed by atoms with Crippen LogP contribution in [0.2, 0.25) is 5.02 Å². The Morgan fingerprint density at radius 3 is 2.91 bits per heavy atom. The molecule has 0 aliphatic rings. The van der Waals surface area contributed by atoms with Gasteiger partial charge in [-0.25, -0.2) is 4.98 Å². The Labute approximate surface area is 135 Å². The fourth-order valence-corrected chi connectivity index (χ4v) is 3.11. The molecule has 2 aromatic heterocycles. The van der Waals surface area contributed by atoms with Crippen LogP contribution in [0.3, 0.4) is 0 Å². The van der Waals surface area contributed by atoms with Gasteiger partial charge in [-0.15, -0.1) is 11.3 Å². The maximum atomic E-state index is 12.4. The van der Waals surface area contributed by atoms with Crippen LogP contribution in [-0.4, -0.2) is 15.3 Å². The molecule has 0 spiro atoms. The number of hydrogen-bond acceptors (Lipinski definition) is 4. The summed E-state index contributed by atoms with van der Waals surface area (Å²) < 4.78 is 1.43. The lowest BCUT2D eigenvalue weighted by Crippen LogP contribution is -2.26. The number of rotatable bonds is 2. The zero-order valence-corrected chi connectivity index (χ0v) is 13.5. The van der Waals surface area contributed by atoms with E-state index >= 15 is 0 Å². The molecule has 0 saturated carbocycles. The van der Waals surface area contributed by atoms with Gasteiger partial charge in [0.05, 0.1) is 0 Å². The quantitative estimate of drug-likeness (QED) is 0.782. The fourth-order valence-electron chi connectivity index (χ4n) is 2.11. The minimum atomic E-state index is -0.497. The summed E-state index contributed by atoms with van der Waals surface area (Å²) in [6, 6.07) is 5.21. The number of hydrogen-bond donors (Lipinski definition) is 1. The van der Waals surface area contributed by atoms with Crippen LogP contribution in [0.4, 0.5) is 5.69 Å². The lowest BCUT2D eigenvalue weighted by molar-refractivity contribution is 0.102. The van der Waals surface area contributed by atoms with Gasteiger partial charge in [0.1, 0.15) is 5.56 Å². The largest absolute Gasteiger partial charge is 0.321 e. The molecule has 5 nitrogen and oxygen atoms in total. The predicted molar refractivity (Wildman–Crippen MR) is 88.2 cm³/mol. The number of aromatic nitrogens is 2. The van der Waals surface area contributed by atoms with E-state index in [9.17, 15) is 9.59 Å². The Morgan fingerprint density at radius 2 is 2.14 bits per heavy atom. The first-order valence-electron chi connectivity index (χ1n) is 6.51. The van der Waals surface area contributed by atoms with Gasteiger partial charge in [-0.1, -0.05) is 17.7 Å². The molecule has 0 bridgehead atoms. The number of carbonyl (C=O) groups excluding carboxylic acids is 1. The van der Waals surface area contributed by atoms with Crippen LogP contribution in [0, 0.1) is 13.8 Å². The van der Waals surface area contributed by atoms with Crippen LogP contribution in [0.1, 0.15) is 21.6 Å². The highest BCUT2D eigenvalue weighted by Crippen LogP contribution is 2.23. The highest BCUT2D eigenvalue weighted by molar-refractivity contribution is 7.15. The van der Waals surface area contributed by atoms with Gasteiger partial charge in [0.25, 0.3) is 11.5 Å². The Morgan fingerprint density at radius 1 is 1.36 bits per heavy atom. The van der Waals surface area contributed by atoms with Crippen molar-refractivity contribution >= 4 is 39.5 Å². The van der Waals surface area contributed by atoms with Crippen molar-refractivity contribution in [2.75, 3.05) is 5.32 Å². The molecular formula is C15H12ClN3O2S. The van der Waals surface area contributed by atoms with Crippen LogP contribution in [0.15, 0.2) is 34.6 Å². The van der Waals surface area contributed by atoms with Gasteiger partial charge in [0.15, 0.2) is 4.96 Å². The first kappa shape index (κ1) is 14.7. The van der Waals surface area contributed by atoms with E-state index in [0.29, 0.717) is 15.7 Å². The van der Waals surface area contributed by atoms with Gasteiger partial charge in [0.2, 0.25) is 0 Å². The molecule has 3 aromatic rings. The van der Waals surface area contributed by atoms with E-state index in [1.807, 2.05) is 5.38 Å². The third-order valence-corrected chi connectivity index (χ3v) is 4.74. The van der Waals surface area contributed by atoms with Crippen LogP contribution >= 0.6 is 22.9 Å². The first-order chi connectivity index (χ1) is 10.5. The average Bonchev–Trinajstić information content (AvgIpc) is 2.86. The molecule has 7 heteroatoms. The number of fused-ring (bicyclic) bond motifs is 1. The van der Waals surface area contributed by atoms with E-state index in [4.69, 9.17) is 11.6 Å². The van der Waals surface area contributed by atoms with Crippen LogP contribution in [-0.2, 0) is 0 Å². The van der Waals surface area contributed by atoms with Gasteiger partial charge < -0.3 is 5.32 Å². The van der Waals surface area contributed by atoms with Gasteiger partial charge in [-0.05, 0) is 31.5 Å². The molecule has 0 radical (unpaired) electrons. The summed E-state index contributed by atoms with van der Waals surface area (Å²) in [7, 11) is 0.